The SMILES string of the molecule is Fc1cc(-c2nc(C3CCC3)cs2)ccn1. The highest BCUT2D eigenvalue weighted by atomic mass is 32.1. The topological polar surface area (TPSA) is 25.8 Å². The minimum absolute atomic E-state index is 0.446. The number of nitrogens with zero attached hydrogens (tertiary/aromatic N) is 2. The molecule has 0 spiro atoms. The minimum atomic E-state index is -0.446. The lowest BCUT2D eigenvalue weighted by Gasteiger charge is -2.22. The Morgan fingerprint density at radius 3 is 2.94 bits per heavy atom. The molecule has 1 saturated carbocycles. The number of halogens is 1. The van der Waals surface area contributed by atoms with Gasteiger partial charge >= 0.3 is 0 Å². The molecule has 0 bridgehead atoms. The van der Waals surface area contributed by atoms with Gasteiger partial charge in [0.1, 0.15) is 5.01 Å². The smallest absolute Gasteiger partial charge is 0.213 e. The number of aromatic nitrogens is 2. The van der Waals surface area contributed by atoms with E-state index in [2.05, 4.69) is 15.3 Å². The first-order valence-electron chi connectivity index (χ1n) is 5.40. The van der Waals surface area contributed by atoms with E-state index in [1.807, 2.05) is 0 Å². The van der Waals surface area contributed by atoms with Gasteiger partial charge in [0, 0.05) is 29.1 Å². The lowest BCUT2D eigenvalue weighted by Crippen LogP contribution is -2.08. The van der Waals surface area contributed by atoms with E-state index in [-0.39, 0.29) is 0 Å². The van der Waals surface area contributed by atoms with Gasteiger partial charge in [-0.25, -0.2) is 9.97 Å². The van der Waals surface area contributed by atoms with E-state index < -0.39 is 5.95 Å². The maximum atomic E-state index is 13.0. The summed E-state index contributed by atoms with van der Waals surface area (Å²) in [4.78, 5) is 8.11. The summed E-state index contributed by atoms with van der Waals surface area (Å²) in [7, 11) is 0. The molecular formula is C12H11FN2S. The van der Waals surface area contributed by atoms with Crippen LogP contribution in [0.15, 0.2) is 23.7 Å². The van der Waals surface area contributed by atoms with Crippen molar-refractivity contribution < 1.29 is 4.39 Å². The summed E-state index contributed by atoms with van der Waals surface area (Å²) in [6.07, 6.45) is 5.28. The zero-order valence-electron chi connectivity index (χ0n) is 8.69. The first kappa shape index (κ1) is 9.90. The fraction of sp³-hybridized carbons (Fsp3) is 0.333. The molecule has 2 nitrogen and oxygen atoms in total. The third-order valence-electron chi connectivity index (χ3n) is 3.02. The summed E-state index contributed by atoms with van der Waals surface area (Å²) in [5, 5.41) is 2.99. The third-order valence-corrected chi connectivity index (χ3v) is 3.93. The summed E-state index contributed by atoms with van der Waals surface area (Å²) in [6.45, 7) is 0. The predicted molar refractivity (Wildman–Crippen MR) is 61.9 cm³/mol. The van der Waals surface area contributed by atoms with Crippen LogP contribution < -0.4 is 0 Å². The standard InChI is InChI=1S/C12H11FN2S/c13-11-6-9(4-5-14-11)12-15-10(7-16-12)8-2-1-3-8/h4-8H,1-3H2. The number of hydrogen-bond acceptors (Lipinski definition) is 3. The van der Waals surface area contributed by atoms with E-state index in [0.717, 1.165) is 10.6 Å². The molecule has 2 aromatic heterocycles. The Labute approximate surface area is 97.2 Å². The van der Waals surface area contributed by atoms with Crippen molar-refractivity contribution in [3.8, 4) is 10.6 Å². The summed E-state index contributed by atoms with van der Waals surface area (Å²) in [5.74, 6) is 0.189. The fourth-order valence-corrected chi connectivity index (χ4v) is 2.74. The van der Waals surface area contributed by atoms with Gasteiger partial charge < -0.3 is 0 Å². The maximum absolute atomic E-state index is 13.0. The van der Waals surface area contributed by atoms with Crippen LogP contribution in [0.2, 0.25) is 0 Å². The number of rotatable bonds is 2. The van der Waals surface area contributed by atoms with Gasteiger partial charge in [0.05, 0.1) is 5.69 Å². The fourth-order valence-electron chi connectivity index (χ4n) is 1.85. The van der Waals surface area contributed by atoms with Crippen molar-refractivity contribution in [2.24, 2.45) is 0 Å². The molecule has 0 aromatic carbocycles. The van der Waals surface area contributed by atoms with E-state index in [0.29, 0.717) is 5.92 Å². The molecule has 0 atom stereocenters. The van der Waals surface area contributed by atoms with E-state index in [1.165, 1.54) is 37.2 Å². The van der Waals surface area contributed by atoms with Gasteiger partial charge in [0.2, 0.25) is 5.95 Å². The molecule has 0 unspecified atom stereocenters. The van der Waals surface area contributed by atoms with Crippen molar-refractivity contribution in [2.45, 2.75) is 25.2 Å². The maximum Gasteiger partial charge on any atom is 0.213 e. The van der Waals surface area contributed by atoms with Crippen LogP contribution in [-0.4, -0.2) is 9.97 Å². The van der Waals surface area contributed by atoms with Crippen LogP contribution in [0.3, 0.4) is 0 Å². The zero-order valence-corrected chi connectivity index (χ0v) is 9.51. The number of thiazole rings is 1. The molecule has 0 saturated heterocycles. The van der Waals surface area contributed by atoms with Gasteiger partial charge in [-0.15, -0.1) is 11.3 Å². The van der Waals surface area contributed by atoms with Gasteiger partial charge in [-0.3, -0.25) is 0 Å². The van der Waals surface area contributed by atoms with Crippen molar-refractivity contribution >= 4 is 11.3 Å². The molecule has 4 heteroatoms. The Morgan fingerprint density at radius 1 is 1.38 bits per heavy atom. The second-order valence-electron chi connectivity index (χ2n) is 4.07. The monoisotopic (exact) mass is 234 g/mol. The second-order valence-corrected chi connectivity index (χ2v) is 4.93. The van der Waals surface area contributed by atoms with Crippen LogP contribution in [-0.2, 0) is 0 Å². The van der Waals surface area contributed by atoms with Crippen LogP contribution in [0.1, 0.15) is 30.9 Å². The molecule has 2 heterocycles. The first-order chi connectivity index (χ1) is 7.83. The lowest BCUT2D eigenvalue weighted by molar-refractivity contribution is 0.413. The first-order valence-corrected chi connectivity index (χ1v) is 6.28. The lowest BCUT2D eigenvalue weighted by atomic mass is 9.83. The molecule has 1 aliphatic carbocycles. The Hall–Kier alpha value is -1.29. The van der Waals surface area contributed by atoms with Crippen LogP contribution in [0.4, 0.5) is 4.39 Å². The summed E-state index contributed by atoms with van der Waals surface area (Å²) < 4.78 is 13.0. The Balaban J connectivity index is 1.91. The van der Waals surface area contributed by atoms with Gasteiger partial charge in [0.25, 0.3) is 0 Å². The summed E-state index contributed by atoms with van der Waals surface area (Å²) in [6, 6.07) is 3.23. The largest absolute Gasteiger partial charge is 0.241 e. The molecule has 3 rings (SSSR count). The van der Waals surface area contributed by atoms with Crippen molar-refractivity contribution in [3.63, 3.8) is 0 Å². The molecule has 16 heavy (non-hydrogen) atoms. The Morgan fingerprint density at radius 2 is 2.25 bits per heavy atom. The van der Waals surface area contributed by atoms with Gasteiger partial charge in [-0.05, 0) is 18.9 Å². The highest BCUT2D eigenvalue weighted by Crippen LogP contribution is 2.38. The molecular weight excluding hydrogens is 223 g/mol. The molecule has 1 fully saturated rings. The van der Waals surface area contributed by atoms with E-state index >= 15 is 0 Å². The number of pyridine rings is 1. The quantitative estimate of drug-likeness (QED) is 0.742. The van der Waals surface area contributed by atoms with Crippen LogP contribution in [0.5, 0.6) is 0 Å². The summed E-state index contributed by atoms with van der Waals surface area (Å²) >= 11 is 1.58. The van der Waals surface area contributed by atoms with E-state index in [9.17, 15) is 4.39 Å². The van der Waals surface area contributed by atoms with E-state index in [4.69, 9.17) is 0 Å². The third kappa shape index (κ3) is 1.73. The average molecular weight is 234 g/mol. The summed E-state index contributed by atoms with van der Waals surface area (Å²) in [5.41, 5.74) is 1.99. The van der Waals surface area contributed by atoms with E-state index in [1.54, 1.807) is 17.4 Å². The van der Waals surface area contributed by atoms with Crippen molar-refractivity contribution in [2.75, 3.05) is 0 Å². The van der Waals surface area contributed by atoms with Gasteiger partial charge in [-0.2, -0.15) is 4.39 Å². The van der Waals surface area contributed by atoms with Gasteiger partial charge in [-0.1, -0.05) is 6.42 Å². The molecule has 0 amide bonds. The molecule has 0 aliphatic heterocycles. The zero-order chi connectivity index (χ0) is 11.0. The minimum Gasteiger partial charge on any atom is -0.241 e. The van der Waals surface area contributed by atoms with Crippen LogP contribution in [0.25, 0.3) is 10.6 Å². The normalized spacial score (nSPS) is 16.1. The highest BCUT2D eigenvalue weighted by Gasteiger charge is 2.22. The average Bonchev–Trinajstić information content (AvgIpc) is 2.64. The molecule has 82 valence electrons. The van der Waals surface area contributed by atoms with Crippen LogP contribution >= 0.6 is 11.3 Å². The van der Waals surface area contributed by atoms with Gasteiger partial charge in [0.15, 0.2) is 0 Å². The molecule has 1 aliphatic rings. The van der Waals surface area contributed by atoms with Crippen molar-refractivity contribution in [3.05, 3.63) is 35.4 Å². The molecule has 2 aromatic rings. The highest BCUT2D eigenvalue weighted by molar-refractivity contribution is 7.13. The van der Waals surface area contributed by atoms with Crippen LogP contribution in [0, 0.1) is 5.95 Å². The molecule has 0 N–H and O–H groups in total. The molecule has 0 radical (unpaired) electrons. The van der Waals surface area contributed by atoms with Crippen molar-refractivity contribution in [1.29, 1.82) is 0 Å². The van der Waals surface area contributed by atoms with Crippen molar-refractivity contribution in [1.82, 2.24) is 9.97 Å². The Kier molecular flexibility index (Phi) is 2.44. The predicted octanol–water partition coefficient (Wildman–Crippen LogP) is 3.61. The second kappa shape index (κ2) is 3.94. The Bertz CT molecular complexity index is 505. The number of hydrogen-bond donors (Lipinski definition) is 0.